The highest BCUT2D eigenvalue weighted by molar-refractivity contribution is 5.66. The molecule has 3 nitrogen and oxygen atoms in total. The molecule has 2 atom stereocenters. The minimum atomic E-state index is -0.247. The van der Waals surface area contributed by atoms with Gasteiger partial charge in [-0.2, -0.15) is 0 Å². The molecule has 3 aliphatic rings. The first-order chi connectivity index (χ1) is 8.71. The second-order valence-electron chi connectivity index (χ2n) is 5.84. The second kappa shape index (κ2) is 4.69. The summed E-state index contributed by atoms with van der Waals surface area (Å²) in [5.41, 5.74) is 2.79. The van der Waals surface area contributed by atoms with Crippen molar-refractivity contribution in [1.29, 1.82) is 0 Å². The van der Waals surface area contributed by atoms with E-state index in [9.17, 15) is 4.79 Å². The summed E-state index contributed by atoms with van der Waals surface area (Å²) in [6.07, 6.45) is 10.0. The number of carbonyl (C=O) groups is 1. The van der Waals surface area contributed by atoms with Crippen LogP contribution in [0.15, 0.2) is 11.1 Å². The van der Waals surface area contributed by atoms with Crippen LogP contribution in [-0.2, 0) is 14.3 Å². The molecule has 2 aliphatic heterocycles. The van der Waals surface area contributed by atoms with Crippen molar-refractivity contribution in [1.82, 2.24) is 0 Å². The molecule has 18 heavy (non-hydrogen) atoms. The summed E-state index contributed by atoms with van der Waals surface area (Å²) in [4.78, 5) is 11.1. The molecule has 0 radical (unpaired) electrons. The number of ether oxygens (including phenoxy) is 2. The average Bonchev–Trinajstić information content (AvgIpc) is 2.82. The van der Waals surface area contributed by atoms with Crippen LogP contribution in [0.25, 0.3) is 0 Å². The molecule has 1 fully saturated rings. The first-order valence-corrected chi connectivity index (χ1v) is 7.25. The lowest BCUT2D eigenvalue weighted by atomic mass is 9.77. The van der Waals surface area contributed by atoms with Gasteiger partial charge in [0.05, 0.1) is 6.10 Å². The van der Waals surface area contributed by atoms with Crippen LogP contribution in [0.2, 0.25) is 0 Å². The highest BCUT2D eigenvalue weighted by atomic mass is 16.6. The van der Waals surface area contributed by atoms with Crippen molar-refractivity contribution in [2.75, 3.05) is 6.61 Å². The first-order valence-electron chi connectivity index (χ1n) is 7.25. The summed E-state index contributed by atoms with van der Waals surface area (Å²) in [5, 5.41) is 0. The zero-order valence-electron chi connectivity index (χ0n) is 11.2. The second-order valence-corrected chi connectivity index (χ2v) is 5.84. The summed E-state index contributed by atoms with van der Waals surface area (Å²) in [5.74, 6) is -0.198. The lowest BCUT2D eigenvalue weighted by molar-refractivity contribution is -0.147. The van der Waals surface area contributed by atoms with E-state index in [-0.39, 0.29) is 11.6 Å². The first kappa shape index (κ1) is 12.2. The summed E-state index contributed by atoms with van der Waals surface area (Å²) >= 11 is 0. The van der Waals surface area contributed by atoms with Gasteiger partial charge in [-0.3, -0.25) is 4.79 Å². The van der Waals surface area contributed by atoms with E-state index in [0.717, 1.165) is 19.3 Å². The fourth-order valence-corrected chi connectivity index (χ4v) is 3.79. The Balaban J connectivity index is 1.83. The minimum Gasteiger partial charge on any atom is -0.462 e. The highest BCUT2D eigenvalue weighted by Crippen LogP contribution is 2.51. The molecule has 1 aliphatic carbocycles. The van der Waals surface area contributed by atoms with Gasteiger partial charge < -0.3 is 9.47 Å². The van der Waals surface area contributed by atoms with Crippen LogP contribution < -0.4 is 0 Å². The van der Waals surface area contributed by atoms with Gasteiger partial charge in [0.1, 0.15) is 12.2 Å². The van der Waals surface area contributed by atoms with Crippen molar-refractivity contribution >= 4 is 5.97 Å². The third-order valence-corrected chi connectivity index (χ3v) is 4.64. The minimum absolute atomic E-state index is 0.198. The van der Waals surface area contributed by atoms with Gasteiger partial charge in [0, 0.05) is 6.92 Å². The molecule has 0 N–H and O–H groups in total. The number of carbonyl (C=O) groups excluding carboxylic acids is 1. The predicted molar refractivity (Wildman–Crippen MR) is 68.2 cm³/mol. The largest absolute Gasteiger partial charge is 0.462 e. The monoisotopic (exact) mass is 250 g/mol. The highest BCUT2D eigenvalue weighted by Gasteiger charge is 2.52. The number of hydrogen-bond donors (Lipinski definition) is 0. The zero-order valence-corrected chi connectivity index (χ0v) is 11.2. The summed E-state index contributed by atoms with van der Waals surface area (Å²) in [6.45, 7) is 1.91. The van der Waals surface area contributed by atoms with E-state index >= 15 is 0 Å². The van der Waals surface area contributed by atoms with Gasteiger partial charge in [-0.15, -0.1) is 0 Å². The Hall–Kier alpha value is -0.830. The maximum atomic E-state index is 11.1. The van der Waals surface area contributed by atoms with Crippen LogP contribution >= 0.6 is 0 Å². The Kier molecular flexibility index (Phi) is 3.18. The van der Waals surface area contributed by atoms with E-state index in [4.69, 9.17) is 9.47 Å². The lowest BCUT2D eigenvalue weighted by Crippen LogP contribution is -2.35. The van der Waals surface area contributed by atoms with Gasteiger partial charge >= 0.3 is 5.97 Å². The summed E-state index contributed by atoms with van der Waals surface area (Å²) in [6, 6.07) is 0. The van der Waals surface area contributed by atoms with Gasteiger partial charge in [0.2, 0.25) is 0 Å². The van der Waals surface area contributed by atoms with Crippen LogP contribution in [0.5, 0.6) is 0 Å². The molecule has 0 amide bonds. The van der Waals surface area contributed by atoms with Gasteiger partial charge in [-0.25, -0.2) is 0 Å². The Morgan fingerprint density at radius 1 is 1.33 bits per heavy atom. The van der Waals surface area contributed by atoms with Gasteiger partial charge in [0.15, 0.2) is 0 Å². The van der Waals surface area contributed by atoms with E-state index < -0.39 is 0 Å². The molecule has 0 aromatic carbocycles. The maximum Gasteiger partial charge on any atom is 0.302 e. The number of hydrogen-bond acceptors (Lipinski definition) is 3. The van der Waals surface area contributed by atoms with Crippen molar-refractivity contribution < 1.29 is 14.3 Å². The van der Waals surface area contributed by atoms with E-state index in [1.807, 2.05) is 0 Å². The molecule has 2 bridgehead atoms. The Labute approximate surface area is 109 Å². The molecule has 0 spiro atoms. The molecule has 0 saturated carbocycles. The molecular formula is C15H22O3. The topological polar surface area (TPSA) is 35.5 Å². The van der Waals surface area contributed by atoms with Crippen molar-refractivity contribution in [3.05, 3.63) is 11.1 Å². The number of fused-ring (bicyclic) bond motifs is 4. The predicted octanol–water partition coefficient (Wildman–Crippen LogP) is 3.13. The van der Waals surface area contributed by atoms with Crippen molar-refractivity contribution in [3.63, 3.8) is 0 Å². The Bertz CT molecular complexity index is 385. The van der Waals surface area contributed by atoms with Crippen molar-refractivity contribution in [2.45, 2.75) is 70.0 Å². The Morgan fingerprint density at radius 3 is 2.89 bits per heavy atom. The quantitative estimate of drug-likeness (QED) is 0.558. The van der Waals surface area contributed by atoms with Gasteiger partial charge in [-0.1, -0.05) is 12.8 Å². The van der Waals surface area contributed by atoms with Crippen LogP contribution in [0.1, 0.15) is 58.3 Å². The van der Waals surface area contributed by atoms with Crippen molar-refractivity contribution in [3.8, 4) is 0 Å². The fourth-order valence-electron chi connectivity index (χ4n) is 3.79. The van der Waals surface area contributed by atoms with Crippen LogP contribution in [-0.4, -0.2) is 24.3 Å². The van der Waals surface area contributed by atoms with E-state index in [0.29, 0.717) is 12.7 Å². The third kappa shape index (κ3) is 1.99. The molecule has 3 rings (SSSR count). The van der Waals surface area contributed by atoms with Crippen molar-refractivity contribution in [2.24, 2.45) is 0 Å². The number of esters is 1. The smallest absolute Gasteiger partial charge is 0.302 e. The summed E-state index contributed by atoms with van der Waals surface area (Å²) in [7, 11) is 0. The normalized spacial score (nSPS) is 35.1. The standard InChI is InChI=1S/C15H22O3/c1-11(16)17-10-15-9-8-14(18-15)12-6-4-2-3-5-7-13(12)15/h14H,2-10H2,1H3/t14-,15-/m1/s1. The molecule has 3 heteroatoms. The molecule has 1 saturated heterocycles. The average molecular weight is 250 g/mol. The third-order valence-electron chi connectivity index (χ3n) is 4.64. The van der Waals surface area contributed by atoms with E-state index in [2.05, 4.69) is 0 Å². The molecule has 0 unspecified atom stereocenters. The Morgan fingerprint density at radius 2 is 2.11 bits per heavy atom. The molecule has 0 aromatic rings. The number of rotatable bonds is 2. The van der Waals surface area contributed by atoms with Crippen LogP contribution in [0.4, 0.5) is 0 Å². The fraction of sp³-hybridized carbons (Fsp3) is 0.800. The van der Waals surface area contributed by atoms with E-state index in [1.165, 1.54) is 44.6 Å². The summed E-state index contributed by atoms with van der Waals surface area (Å²) < 4.78 is 11.5. The molecule has 2 heterocycles. The van der Waals surface area contributed by atoms with Crippen LogP contribution in [0.3, 0.4) is 0 Å². The molecule has 0 aromatic heterocycles. The zero-order chi connectivity index (χ0) is 12.6. The van der Waals surface area contributed by atoms with Gasteiger partial charge in [-0.05, 0) is 49.7 Å². The van der Waals surface area contributed by atoms with Gasteiger partial charge in [0.25, 0.3) is 0 Å². The maximum absolute atomic E-state index is 11.1. The SMILES string of the molecule is CC(=O)OC[C@@]12CC[C@@H](O1)C1=C2CCCCCC1. The van der Waals surface area contributed by atoms with Crippen LogP contribution in [0, 0.1) is 0 Å². The molecule has 100 valence electrons. The molecular weight excluding hydrogens is 228 g/mol. The van der Waals surface area contributed by atoms with E-state index in [1.54, 1.807) is 5.57 Å². The lowest BCUT2D eigenvalue weighted by Gasteiger charge is -2.29.